The Kier molecular flexibility index (Phi) is 3.92. The summed E-state index contributed by atoms with van der Waals surface area (Å²) in [6.45, 7) is 0.722. The van der Waals surface area contributed by atoms with Crippen LogP contribution < -0.4 is 0 Å². The van der Waals surface area contributed by atoms with Crippen LogP contribution in [0.4, 0.5) is 0 Å². The fourth-order valence-electron chi connectivity index (χ4n) is 2.70. The van der Waals surface area contributed by atoms with Gasteiger partial charge in [-0.2, -0.15) is 0 Å². The highest BCUT2D eigenvalue weighted by Crippen LogP contribution is 2.26. The van der Waals surface area contributed by atoms with Gasteiger partial charge >= 0.3 is 5.97 Å². The molecule has 3 rings (SSSR count). The topological polar surface area (TPSA) is 57.0 Å². The van der Waals surface area contributed by atoms with E-state index >= 15 is 0 Å². The lowest BCUT2D eigenvalue weighted by Crippen LogP contribution is -2.16. The summed E-state index contributed by atoms with van der Waals surface area (Å²) in [4.78, 5) is 11.7. The third-order valence-corrected chi connectivity index (χ3v) is 4.13. The summed E-state index contributed by atoms with van der Waals surface area (Å²) in [6, 6.07) is 7.55. The van der Waals surface area contributed by atoms with Crippen molar-refractivity contribution < 1.29 is 9.53 Å². The predicted octanol–water partition coefficient (Wildman–Crippen LogP) is 2.72. The van der Waals surface area contributed by atoms with Gasteiger partial charge in [0, 0.05) is 23.6 Å². The van der Waals surface area contributed by atoms with Crippen molar-refractivity contribution in [3.8, 4) is 11.4 Å². The van der Waals surface area contributed by atoms with Gasteiger partial charge in [-0.1, -0.05) is 11.6 Å². The Bertz CT molecular complexity index is 651. The summed E-state index contributed by atoms with van der Waals surface area (Å²) >= 11 is 5.92. The SMILES string of the molecule is COC(=O)C1CCc2nnc(-c3ccc(Cl)cc3)n2CC1. The average molecular weight is 306 g/mol. The number of carbonyl (C=O) groups excluding carboxylic acids is 1. The monoisotopic (exact) mass is 305 g/mol. The lowest BCUT2D eigenvalue weighted by molar-refractivity contribution is -0.145. The van der Waals surface area contributed by atoms with Crippen LogP contribution >= 0.6 is 11.6 Å². The van der Waals surface area contributed by atoms with Gasteiger partial charge < -0.3 is 9.30 Å². The van der Waals surface area contributed by atoms with E-state index < -0.39 is 0 Å². The Hall–Kier alpha value is -1.88. The summed E-state index contributed by atoms with van der Waals surface area (Å²) in [5.74, 6) is 1.55. The molecule has 0 fully saturated rings. The van der Waals surface area contributed by atoms with E-state index in [9.17, 15) is 4.79 Å². The van der Waals surface area contributed by atoms with Crippen LogP contribution in [0.1, 0.15) is 18.7 Å². The van der Waals surface area contributed by atoms with Gasteiger partial charge in [-0.3, -0.25) is 4.79 Å². The molecule has 1 aromatic carbocycles. The van der Waals surface area contributed by atoms with Crippen molar-refractivity contribution in [2.75, 3.05) is 7.11 Å². The quantitative estimate of drug-likeness (QED) is 0.801. The molecule has 0 saturated carbocycles. The van der Waals surface area contributed by atoms with Crippen LogP contribution in [0.3, 0.4) is 0 Å². The first kappa shape index (κ1) is 14.1. The van der Waals surface area contributed by atoms with Crippen LogP contribution in [0.15, 0.2) is 24.3 Å². The number of aromatic nitrogens is 3. The zero-order valence-corrected chi connectivity index (χ0v) is 12.5. The number of halogens is 1. The fourth-order valence-corrected chi connectivity index (χ4v) is 2.83. The van der Waals surface area contributed by atoms with Crippen molar-refractivity contribution in [2.45, 2.75) is 25.8 Å². The number of methoxy groups -OCH3 is 1. The number of esters is 1. The van der Waals surface area contributed by atoms with Gasteiger partial charge in [0.1, 0.15) is 5.82 Å². The number of carbonyl (C=O) groups is 1. The molecule has 110 valence electrons. The number of rotatable bonds is 2. The number of fused-ring (bicyclic) bond motifs is 1. The number of aryl methyl sites for hydroxylation is 1. The first-order valence-electron chi connectivity index (χ1n) is 6.95. The van der Waals surface area contributed by atoms with Gasteiger partial charge in [-0.15, -0.1) is 10.2 Å². The van der Waals surface area contributed by atoms with Crippen LogP contribution in [0.25, 0.3) is 11.4 Å². The second-order valence-corrected chi connectivity index (χ2v) is 5.58. The van der Waals surface area contributed by atoms with E-state index in [1.54, 1.807) is 0 Å². The lowest BCUT2D eigenvalue weighted by atomic mass is 10.0. The molecule has 1 atom stereocenters. The summed E-state index contributed by atoms with van der Waals surface area (Å²) in [5.41, 5.74) is 0.981. The molecule has 1 aromatic heterocycles. The van der Waals surface area contributed by atoms with Crippen molar-refractivity contribution >= 4 is 17.6 Å². The fraction of sp³-hybridized carbons (Fsp3) is 0.400. The van der Waals surface area contributed by atoms with Crippen LogP contribution in [-0.2, 0) is 22.5 Å². The zero-order valence-electron chi connectivity index (χ0n) is 11.8. The Morgan fingerprint density at radius 3 is 2.76 bits per heavy atom. The summed E-state index contributed by atoms with van der Waals surface area (Å²) < 4.78 is 6.94. The molecule has 2 aromatic rings. The molecule has 0 saturated heterocycles. The Morgan fingerprint density at radius 1 is 1.29 bits per heavy atom. The minimum Gasteiger partial charge on any atom is -0.469 e. The molecule has 0 spiro atoms. The lowest BCUT2D eigenvalue weighted by Gasteiger charge is -2.11. The van der Waals surface area contributed by atoms with E-state index in [2.05, 4.69) is 14.8 Å². The molecule has 0 aliphatic carbocycles. The molecule has 2 heterocycles. The largest absolute Gasteiger partial charge is 0.469 e. The third kappa shape index (κ3) is 2.78. The highest BCUT2D eigenvalue weighted by Gasteiger charge is 2.25. The number of ether oxygens (including phenoxy) is 1. The predicted molar refractivity (Wildman–Crippen MR) is 78.9 cm³/mol. The molecular weight excluding hydrogens is 290 g/mol. The van der Waals surface area contributed by atoms with E-state index in [1.165, 1.54) is 7.11 Å². The van der Waals surface area contributed by atoms with E-state index in [1.807, 2.05) is 24.3 Å². The van der Waals surface area contributed by atoms with E-state index in [4.69, 9.17) is 16.3 Å². The first-order chi connectivity index (χ1) is 10.2. The molecular formula is C15H16ClN3O2. The maximum atomic E-state index is 11.7. The standard InChI is InChI=1S/C15H16ClN3O2/c1-21-15(20)11-4-7-13-17-18-14(19(13)9-8-11)10-2-5-12(16)6-3-10/h2-3,5-6,11H,4,7-9H2,1H3. The molecule has 6 heteroatoms. The normalized spacial score (nSPS) is 17.9. The minimum absolute atomic E-state index is 0.0604. The highest BCUT2D eigenvalue weighted by molar-refractivity contribution is 6.30. The maximum absolute atomic E-state index is 11.7. The minimum atomic E-state index is -0.137. The molecule has 1 aliphatic rings. The third-order valence-electron chi connectivity index (χ3n) is 3.88. The summed E-state index contributed by atoms with van der Waals surface area (Å²) in [7, 11) is 1.44. The molecule has 1 unspecified atom stereocenters. The van der Waals surface area contributed by atoms with E-state index in [-0.39, 0.29) is 11.9 Å². The van der Waals surface area contributed by atoms with E-state index in [0.717, 1.165) is 43.0 Å². The number of benzene rings is 1. The molecule has 1 aliphatic heterocycles. The molecule has 0 radical (unpaired) electrons. The van der Waals surface area contributed by atoms with Crippen molar-refractivity contribution in [3.05, 3.63) is 35.1 Å². The second-order valence-electron chi connectivity index (χ2n) is 5.15. The van der Waals surface area contributed by atoms with Gasteiger partial charge in [-0.25, -0.2) is 0 Å². The van der Waals surface area contributed by atoms with Gasteiger partial charge in [-0.05, 0) is 37.1 Å². The Morgan fingerprint density at radius 2 is 2.05 bits per heavy atom. The van der Waals surface area contributed by atoms with Crippen LogP contribution in [-0.4, -0.2) is 27.8 Å². The van der Waals surface area contributed by atoms with E-state index in [0.29, 0.717) is 5.02 Å². The van der Waals surface area contributed by atoms with Crippen LogP contribution in [0.5, 0.6) is 0 Å². The first-order valence-corrected chi connectivity index (χ1v) is 7.32. The Balaban J connectivity index is 1.87. The summed E-state index contributed by atoms with van der Waals surface area (Å²) in [6.07, 6.45) is 2.24. The van der Waals surface area contributed by atoms with Crippen LogP contribution in [0.2, 0.25) is 5.02 Å². The molecule has 5 nitrogen and oxygen atoms in total. The number of hydrogen-bond acceptors (Lipinski definition) is 4. The van der Waals surface area contributed by atoms with Gasteiger partial charge in [0.25, 0.3) is 0 Å². The highest BCUT2D eigenvalue weighted by atomic mass is 35.5. The summed E-state index contributed by atoms with van der Waals surface area (Å²) in [5, 5.41) is 9.24. The van der Waals surface area contributed by atoms with Crippen molar-refractivity contribution in [2.24, 2.45) is 5.92 Å². The Labute approximate surface area is 127 Å². The van der Waals surface area contributed by atoms with Crippen molar-refractivity contribution in [1.82, 2.24) is 14.8 Å². The second kappa shape index (κ2) is 5.85. The average Bonchev–Trinajstić information content (AvgIpc) is 2.79. The van der Waals surface area contributed by atoms with Crippen LogP contribution in [0, 0.1) is 5.92 Å². The smallest absolute Gasteiger partial charge is 0.308 e. The molecule has 21 heavy (non-hydrogen) atoms. The van der Waals surface area contributed by atoms with Gasteiger partial charge in [0.2, 0.25) is 0 Å². The molecule has 0 N–H and O–H groups in total. The molecule has 0 bridgehead atoms. The van der Waals surface area contributed by atoms with Crippen molar-refractivity contribution in [3.63, 3.8) is 0 Å². The number of nitrogens with zero attached hydrogens (tertiary/aromatic N) is 3. The zero-order chi connectivity index (χ0) is 14.8. The maximum Gasteiger partial charge on any atom is 0.308 e. The molecule has 0 amide bonds. The van der Waals surface area contributed by atoms with Gasteiger partial charge in [0.05, 0.1) is 13.0 Å². The van der Waals surface area contributed by atoms with Gasteiger partial charge in [0.15, 0.2) is 5.82 Å². The number of hydrogen-bond donors (Lipinski definition) is 0. The van der Waals surface area contributed by atoms with Crippen molar-refractivity contribution in [1.29, 1.82) is 0 Å².